The second kappa shape index (κ2) is 6.08. The number of Topliss-reactive ketones (excluding diaryl/α,β-unsaturated/α-hetero) is 2. The van der Waals surface area contributed by atoms with E-state index in [-0.39, 0.29) is 33.7 Å². The van der Waals surface area contributed by atoms with E-state index < -0.39 is 0 Å². The number of carbonyl (C=O) groups excluding carboxylic acids is 2. The van der Waals surface area contributed by atoms with E-state index in [1.54, 1.807) is 20.3 Å². The first kappa shape index (κ1) is 19.5. The molecule has 4 rings (SSSR count). The molecule has 0 N–H and O–H groups in total. The van der Waals surface area contributed by atoms with E-state index in [0.717, 1.165) is 31.2 Å². The van der Waals surface area contributed by atoms with Gasteiger partial charge >= 0.3 is 0 Å². The highest BCUT2D eigenvalue weighted by atomic mass is 16.5. The Balaban J connectivity index is 1.93. The fourth-order valence-corrected chi connectivity index (χ4v) is 7.23. The highest BCUT2D eigenvalue weighted by Gasteiger charge is 2.64. The number of benzene rings is 1. The fraction of sp³-hybridized carbons (Fsp3) is 0.667. The van der Waals surface area contributed by atoms with Gasteiger partial charge in [0.2, 0.25) is 11.6 Å². The van der Waals surface area contributed by atoms with Crippen LogP contribution >= 0.6 is 0 Å². The average molecular weight is 385 g/mol. The van der Waals surface area contributed by atoms with Gasteiger partial charge in [0.25, 0.3) is 0 Å². The zero-order valence-corrected chi connectivity index (χ0v) is 18.0. The third-order valence-corrected chi connectivity index (χ3v) is 8.39. The van der Waals surface area contributed by atoms with Crippen molar-refractivity contribution in [3.63, 3.8) is 0 Å². The van der Waals surface area contributed by atoms with Gasteiger partial charge in [0.1, 0.15) is 0 Å². The molecule has 0 aromatic heterocycles. The second-order valence-electron chi connectivity index (χ2n) is 10.2. The van der Waals surface area contributed by atoms with Crippen LogP contribution in [0.1, 0.15) is 75.7 Å². The van der Waals surface area contributed by atoms with Crippen LogP contribution in [0.25, 0.3) is 0 Å². The van der Waals surface area contributed by atoms with Gasteiger partial charge in [-0.1, -0.05) is 34.1 Å². The molecule has 0 heterocycles. The summed E-state index contributed by atoms with van der Waals surface area (Å²) >= 11 is 0. The number of hydrogen-bond donors (Lipinski definition) is 0. The van der Waals surface area contributed by atoms with Crippen molar-refractivity contribution in [2.24, 2.45) is 22.7 Å². The van der Waals surface area contributed by atoms with Gasteiger partial charge in [-0.2, -0.15) is 0 Å². The van der Waals surface area contributed by atoms with Gasteiger partial charge in [-0.3, -0.25) is 9.59 Å². The molecule has 2 fully saturated rings. The van der Waals surface area contributed by atoms with Crippen molar-refractivity contribution in [1.82, 2.24) is 0 Å². The Labute approximate surface area is 168 Å². The van der Waals surface area contributed by atoms with E-state index in [1.807, 2.05) is 6.07 Å². The lowest BCUT2D eigenvalue weighted by Crippen LogP contribution is -2.61. The van der Waals surface area contributed by atoms with Crippen molar-refractivity contribution in [3.05, 3.63) is 23.3 Å². The fourth-order valence-electron chi connectivity index (χ4n) is 7.23. The molecule has 0 saturated heterocycles. The lowest BCUT2D eigenvalue weighted by atomic mass is 9.40. The molecule has 1 unspecified atom stereocenters. The van der Waals surface area contributed by atoms with Crippen LogP contribution in [0.15, 0.2) is 12.1 Å². The minimum absolute atomic E-state index is 0.146. The van der Waals surface area contributed by atoms with Crippen LogP contribution in [-0.4, -0.2) is 25.8 Å². The summed E-state index contributed by atoms with van der Waals surface area (Å²) in [5.41, 5.74) is 1.17. The molecule has 0 spiro atoms. The second-order valence-corrected chi connectivity index (χ2v) is 10.2. The maximum absolute atomic E-state index is 13.5. The van der Waals surface area contributed by atoms with E-state index in [9.17, 15) is 9.59 Å². The number of fused-ring (bicyclic) bond motifs is 5. The normalized spacial score (nSPS) is 36.2. The number of ketones is 2. The lowest BCUT2D eigenvalue weighted by molar-refractivity contribution is -0.145. The quantitative estimate of drug-likeness (QED) is 0.676. The molecule has 3 aliphatic rings. The highest BCUT2D eigenvalue weighted by molar-refractivity contribution is 6.46. The van der Waals surface area contributed by atoms with E-state index in [1.165, 1.54) is 6.42 Å². The average Bonchev–Trinajstić information content (AvgIpc) is 2.64. The zero-order chi connectivity index (χ0) is 20.5. The first-order valence-electron chi connectivity index (χ1n) is 10.4. The number of methoxy groups -OCH3 is 2. The van der Waals surface area contributed by atoms with Crippen molar-refractivity contribution >= 4 is 11.6 Å². The maximum Gasteiger partial charge on any atom is 0.229 e. The summed E-state index contributed by atoms with van der Waals surface area (Å²) in [5.74, 6) is 0.764. The van der Waals surface area contributed by atoms with Crippen LogP contribution in [0.5, 0.6) is 11.5 Å². The monoisotopic (exact) mass is 384 g/mol. The molecular weight excluding hydrogens is 352 g/mol. The van der Waals surface area contributed by atoms with Crippen molar-refractivity contribution < 1.29 is 19.1 Å². The Hall–Kier alpha value is -1.84. The van der Waals surface area contributed by atoms with Crippen LogP contribution in [0.3, 0.4) is 0 Å². The Morgan fingerprint density at radius 3 is 2.21 bits per heavy atom. The number of ether oxygens (including phenoxy) is 2. The molecule has 4 nitrogen and oxygen atoms in total. The van der Waals surface area contributed by atoms with Crippen molar-refractivity contribution in [3.8, 4) is 11.5 Å². The molecule has 152 valence electrons. The van der Waals surface area contributed by atoms with Crippen LogP contribution in [0.4, 0.5) is 0 Å². The van der Waals surface area contributed by atoms with Gasteiger partial charge < -0.3 is 9.47 Å². The lowest BCUT2D eigenvalue weighted by Gasteiger charge is -2.62. The molecule has 28 heavy (non-hydrogen) atoms. The first-order valence-corrected chi connectivity index (χ1v) is 10.4. The van der Waals surface area contributed by atoms with Crippen molar-refractivity contribution in [2.45, 2.75) is 65.2 Å². The predicted molar refractivity (Wildman–Crippen MR) is 108 cm³/mol. The van der Waals surface area contributed by atoms with Crippen LogP contribution < -0.4 is 9.47 Å². The Kier molecular flexibility index (Phi) is 4.23. The predicted octanol–water partition coefficient (Wildman–Crippen LogP) is 4.97. The minimum atomic E-state index is -0.358. The summed E-state index contributed by atoms with van der Waals surface area (Å²) in [6, 6.07) is 3.65. The number of hydrogen-bond acceptors (Lipinski definition) is 4. The van der Waals surface area contributed by atoms with Gasteiger partial charge in [-0.15, -0.1) is 0 Å². The molecule has 2 saturated carbocycles. The molecule has 4 atom stereocenters. The number of carbonyl (C=O) groups is 2. The Morgan fingerprint density at radius 1 is 0.929 bits per heavy atom. The smallest absolute Gasteiger partial charge is 0.229 e. The zero-order valence-electron chi connectivity index (χ0n) is 18.0. The maximum atomic E-state index is 13.5. The molecule has 1 aromatic carbocycles. The van der Waals surface area contributed by atoms with Gasteiger partial charge in [0, 0.05) is 16.9 Å². The van der Waals surface area contributed by atoms with Gasteiger partial charge in [-0.05, 0) is 60.1 Å². The summed E-state index contributed by atoms with van der Waals surface area (Å²) in [6.07, 6.45) is 5.34. The molecule has 1 aromatic rings. The standard InChI is InChI=1S/C24H32O4/c1-22(2)9-7-10-24(4)18(22)8-11-23(3)15-13-17(28-6)16(27-5)12-14(15)19(25)20(26)21(23)24/h12-13,18,21H,7-11H2,1-6H3/t18?,21-,23+,24+/m1/s1. The highest BCUT2D eigenvalue weighted by Crippen LogP contribution is 2.66. The molecular formula is C24H32O4. The molecule has 3 aliphatic carbocycles. The van der Waals surface area contributed by atoms with Crippen LogP contribution in [0, 0.1) is 22.7 Å². The number of rotatable bonds is 2. The van der Waals surface area contributed by atoms with Crippen LogP contribution in [0.2, 0.25) is 0 Å². The third-order valence-electron chi connectivity index (χ3n) is 8.39. The van der Waals surface area contributed by atoms with Crippen molar-refractivity contribution in [2.75, 3.05) is 14.2 Å². The third kappa shape index (κ3) is 2.36. The van der Waals surface area contributed by atoms with E-state index in [2.05, 4.69) is 27.7 Å². The summed E-state index contributed by atoms with van der Waals surface area (Å²) < 4.78 is 10.9. The molecule has 0 radical (unpaired) electrons. The Morgan fingerprint density at radius 2 is 1.57 bits per heavy atom. The molecule has 4 heteroatoms. The van der Waals surface area contributed by atoms with Crippen LogP contribution in [-0.2, 0) is 10.2 Å². The van der Waals surface area contributed by atoms with E-state index in [4.69, 9.17) is 9.47 Å². The van der Waals surface area contributed by atoms with Gasteiger partial charge in [0.15, 0.2) is 11.5 Å². The van der Waals surface area contributed by atoms with Gasteiger partial charge in [-0.25, -0.2) is 0 Å². The van der Waals surface area contributed by atoms with Gasteiger partial charge in [0.05, 0.1) is 14.2 Å². The topological polar surface area (TPSA) is 52.6 Å². The molecule has 0 bridgehead atoms. The largest absolute Gasteiger partial charge is 0.493 e. The minimum Gasteiger partial charge on any atom is -0.493 e. The van der Waals surface area contributed by atoms with Crippen molar-refractivity contribution in [1.29, 1.82) is 0 Å². The summed E-state index contributed by atoms with van der Waals surface area (Å²) in [7, 11) is 3.17. The summed E-state index contributed by atoms with van der Waals surface area (Å²) in [6.45, 7) is 9.15. The summed E-state index contributed by atoms with van der Waals surface area (Å²) in [4.78, 5) is 26.7. The van der Waals surface area contributed by atoms with E-state index in [0.29, 0.717) is 23.0 Å². The first-order chi connectivity index (χ1) is 13.1. The SMILES string of the molecule is COc1cc2c(cc1OC)[C@]1(C)CCC3C(C)(C)CCC[C@]3(C)[C@@H]1C(=O)C2=O. The Bertz CT molecular complexity index is 854. The summed E-state index contributed by atoms with van der Waals surface area (Å²) in [5, 5.41) is 0. The van der Waals surface area contributed by atoms with E-state index >= 15 is 0 Å². The molecule has 0 amide bonds. The molecule has 0 aliphatic heterocycles.